The minimum atomic E-state index is -2.35. The van der Waals surface area contributed by atoms with E-state index in [1.165, 1.54) is 0 Å². The Morgan fingerprint density at radius 3 is 1.42 bits per heavy atom. The first-order chi connectivity index (χ1) is 23.5. The second-order valence-corrected chi connectivity index (χ2v) is 12.4. The highest BCUT2D eigenvalue weighted by molar-refractivity contribution is 7.33. The van der Waals surface area contributed by atoms with E-state index in [1.807, 2.05) is 24.3 Å². The molecule has 0 unspecified atom stereocenters. The fraction of sp³-hybridized carbons (Fsp3) is 0.412. The van der Waals surface area contributed by atoms with Crippen LogP contribution >= 0.6 is 8.25 Å². The van der Waals surface area contributed by atoms with Gasteiger partial charge in [-0.1, -0.05) is 0 Å². The van der Waals surface area contributed by atoms with Crippen molar-refractivity contribution in [3.63, 3.8) is 0 Å². The van der Waals surface area contributed by atoms with Crippen LogP contribution in [0.15, 0.2) is 60.6 Å². The predicted octanol–water partition coefficient (Wildman–Crippen LogP) is 6.75. The molecule has 0 aliphatic carbocycles. The van der Waals surface area contributed by atoms with Crippen LogP contribution in [0.2, 0.25) is 0 Å². The van der Waals surface area contributed by atoms with Gasteiger partial charge in [0.15, 0.2) is 35.5 Å². The van der Waals surface area contributed by atoms with Crippen LogP contribution in [0, 0.1) is 0 Å². The average Bonchev–Trinajstić information content (AvgIpc) is 3.52. The van der Waals surface area contributed by atoms with Gasteiger partial charge in [-0.2, -0.15) is 0 Å². The van der Waals surface area contributed by atoms with Crippen LogP contribution in [-0.2, 0) is 13.6 Å². The largest absolute Gasteiger partial charge is 0.804 e. The first kappa shape index (κ1) is 33.0. The van der Waals surface area contributed by atoms with Crippen LogP contribution in [0.1, 0.15) is 38.5 Å². The summed E-state index contributed by atoms with van der Waals surface area (Å²) in [6, 6.07) is 7.57. The lowest BCUT2D eigenvalue weighted by Gasteiger charge is -2.23. The van der Waals surface area contributed by atoms with Gasteiger partial charge in [-0.15, -0.1) is 0 Å². The van der Waals surface area contributed by atoms with Crippen LogP contribution in [-0.4, -0.2) is 74.6 Å². The molecule has 4 aromatic rings. The Kier molecular flexibility index (Phi) is 10.5. The topological polar surface area (TPSA) is 130 Å². The lowest BCUT2D eigenvalue weighted by Crippen LogP contribution is -2.25. The number of benzene rings is 2. The quantitative estimate of drug-likeness (QED) is 0.130. The summed E-state index contributed by atoms with van der Waals surface area (Å²) in [5.74, 6) is 4.20. The van der Waals surface area contributed by atoms with Gasteiger partial charge in [-0.3, -0.25) is 0 Å². The fourth-order valence-electron chi connectivity index (χ4n) is 6.19. The highest BCUT2D eigenvalue weighted by atomic mass is 31.1. The summed E-state index contributed by atoms with van der Waals surface area (Å²) in [5.41, 5.74) is 3.72. The Morgan fingerprint density at radius 1 is 0.583 bits per heavy atom. The lowest BCUT2D eigenvalue weighted by atomic mass is 10.1. The number of ether oxygens (including phenoxy) is 4. The van der Waals surface area contributed by atoms with Crippen LogP contribution in [0.25, 0.3) is 21.8 Å². The van der Waals surface area contributed by atoms with E-state index >= 15 is 0 Å². The van der Waals surface area contributed by atoms with E-state index in [-0.39, 0.29) is 0 Å². The van der Waals surface area contributed by atoms with Gasteiger partial charge in [-0.25, -0.2) is 29.0 Å². The Labute approximate surface area is 280 Å². The monoisotopic (exact) mass is 675 g/mol. The van der Waals surface area contributed by atoms with Crippen LogP contribution < -0.4 is 28.7 Å². The number of hydrogen-bond donors (Lipinski definition) is 0. The number of aromatic nitrogens is 4. The molecule has 6 rings (SSSR count). The van der Waals surface area contributed by atoms with Crippen molar-refractivity contribution in [3.05, 3.63) is 60.6 Å². The second kappa shape index (κ2) is 15.3. The van der Waals surface area contributed by atoms with Gasteiger partial charge in [0.25, 0.3) is 0 Å². The normalized spacial score (nSPS) is 17.2. The predicted molar refractivity (Wildman–Crippen MR) is 183 cm³/mol. The molecule has 0 amide bonds. The van der Waals surface area contributed by atoms with Gasteiger partial charge >= 0.3 is 8.25 Å². The maximum absolute atomic E-state index is 12.7. The first-order valence-electron chi connectivity index (χ1n) is 15.9. The molecule has 2 saturated heterocycles. The van der Waals surface area contributed by atoms with Gasteiger partial charge < -0.3 is 28.7 Å². The summed E-state index contributed by atoms with van der Waals surface area (Å²) in [7, 11) is 4.10. The van der Waals surface area contributed by atoms with Crippen molar-refractivity contribution in [3.8, 4) is 23.0 Å². The Hall–Kier alpha value is -4.90. The number of methoxy groups -OCH3 is 4. The minimum Gasteiger partial charge on any atom is -0.493 e. The standard InChI is InChI=1S/C34H40N6O7P/c1-42-29-15-25-27(17-31(29)44-3)35-21-37-33(25)39-11-5-7-23(9-13-39)19-46-48(41)47-20-24-8-6-12-40(14-10-24)34-26-16-30(43-2)32(45-4)18-28(26)36-22-38-34/h15-22H,5-14H2,1-4H3/q+1/b23-19+,24-20+. The molecule has 0 radical (unpaired) electrons. The number of fused-ring (bicyclic) bond motifs is 2. The third-order valence-electron chi connectivity index (χ3n) is 8.71. The molecule has 13 nitrogen and oxygen atoms in total. The Balaban J connectivity index is 1.04. The van der Waals surface area contributed by atoms with Crippen molar-refractivity contribution in [2.45, 2.75) is 38.5 Å². The zero-order valence-electron chi connectivity index (χ0n) is 27.7. The van der Waals surface area contributed by atoms with E-state index in [9.17, 15) is 4.57 Å². The number of hydrogen-bond acceptors (Lipinski definition) is 13. The van der Waals surface area contributed by atoms with Crippen molar-refractivity contribution >= 4 is 41.7 Å². The van der Waals surface area contributed by atoms with Gasteiger partial charge in [0, 0.05) is 53.6 Å². The van der Waals surface area contributed by atoms with Crippen molar-refractivity contribution in [1.82, 2.24) is 19.9 Å². The summed E-state index contributed by atoms with van der Waals surface area (Å²) in [6.07, 6.45) is 11.3. The Morgan fingerprint density at radius 2 is 1.00 bits per heavy atom. The van der Waals surface area contributed by atoms with Crippen LogP contribution in [0.3, 0.4) is 0 Å². The van der Waals surface area contributed by atoms with Crippen molar-refractivity contribution in [2.75, 3.05) is 64.4 Å². The molecule has 0 N–H and O–H groups in total. The third-order valence-corrected chi connectivity index (χ3v) is 9.26. The summed E-state index contributed by atoms with van der Waals surface area (Å²) < 4.78 is 45.7. The van der Waals surface area contributed by atoms with Gasteiger partial charge in [-0.05, 0) is 61.8 Å². The zero-order chi connectivity index (χ0) is 33.5. The summed E-state index contributed by atoms with van der Waals surface area (Å²) >= 11 is 0. The minimum absolute atomic E-state index is 0.625. The number of nitrogens with zero attached hydrogens (tertiary/aromatic N) is 6. The van der Waals surface area contributed by atoms with E-state index in [2.05, 4.69) is 29.7 Å². The Bertz CT molecular complexity index is 1720. The summed E-state index contributed by atoms with van der Waals surface area (Å²) in [6.45, 7) is 3.10. The molecule has 0 atom stereocenters. The zero-order valence-corrected chi connectivity index (χ0v) is 28.6. The number of rotatable bonds is 10. The van der Waals surface area contributed by atoms with Gasteiger partial charge in [0.2, 0.25) is 0 Å². The molecular formula is C34H40N6O7P+. The molecule has 0 saturated carbocycles. The highest BCUT2D eigenvalue weighted by Crippen LogP contribution is 2.37. The van der Waals surface area contributed by atoms with E-state index in [0.29, 0.717) is 23.0 Å². The molecule has 4 heterocycles. The highest BCUT2D eigenvalue weighted by Gasteiger charge is 2.24. The molecule has 2 fully saturated rings. The van der Waals surface area contributed by atoms with Crippen molar-refractivity contribution in [1.29, 1.82) is 0 Å². The SMILES string of the molecule is COc1cc2ncnc(N3CCC/C(=C\O[P+](=O)O/C=C4\CCCN(c5ncnc6cc(OC)c(OC)cc56)CC4)CC3)c2cc1OC. The fourth-order valence-corrected chi connectivity index (χ4v) is 6.71. The van der Waals surface area contributed by atoms with E-state index in [1.54, 1.807) is 53.6 Å². The molecule has 0 bridgehead atoms. The summed E-state index contributed by atoms with van der Waals surface area (Å²) in [4.78, 5) is 22.6. The molecule has 2 aliphatic heterocycles. The third kappa shape index (κ3) is 7.31. The smallest absolute Gasteiger partial charge is 0.493 e. The first-order valence-corrected chi connectivity index (χ1v) is 17.0. The van der Waals surface area contributed by atoms with E-state index in [4.69, 9.17) is 28.0 Å². The van der Waals surface area contributed by atoms with Gasteiger partial charge in [0.05, 0.1) is 39.5 Å². The molecule has 2 aromatic heterocycles. The number of anilines is 2. The van der Waals surface area contributed by atoms with E-state index in [0.717, 1.165) is 109 Å². The van der Waals surface area contributed by atoms with Crippen LogP contribution in [0.4, 0.5) is 11.6 Å². The molecular weight excluding hydrogens is 635 g/mol. The summed E-state index contributed by atoms with van der Waals surface area (Å²) in [5, 5.41) is 1.80. The average molecular weight is 676 g/mol. The van der Waals surface area contributed by atoms with Gasteiger partial charge in [0.1, 0.15) is 24.3 Å². The van der Waals surface area contributed by atoms with E-state index < -0.39 is 8.25 Å². The molecule has 48 heavy (non-hydrogen) atoms. The van der Waals surface area contributed by atoms with Crippen LogP contribution in [0.5, 0.6) is 23.0 Å². The van der Waals surface area contributed by atoms with Crippen molar-refractivity contribution in [2.24, 2.45) is 0 Å². The molecule has 0 spiro atoms. The maximum Gasteiger partial charge on any atom is 0.804 e. The lowest BCUT2D eigenvalue weighted by molar-refractivity contribution is 0.350. The molecule has 14 heteroatoms. The molecule has 252 valence electrons. The second-order valence-electron chi connectivity index (χ2n) is 11.5. The van der Waals surface area contributed by atoms with Crippen molar-refractivity contribution < 1.29 is 32.6 Å². The maximum atomic E-state index is 12.7. The molecule has 2 aromatic carbocycles. The molecule has 2 aliphatic rings.